The fourth-order valence-corrected chi connectivity index (χ4v) is 1.93. The van der Waals surface area contributed by atoms with Gasteiger partial charge in [-0.25, -0.2) is 0 Å². The summed E-state index contributed by atoms with van der Waals surface area (Å²) in [7, 11) is 2.01. The van der Waals surface area contributed by atoms with Crippen LogP contribution in [0.15, 0.2) is 30.5 Å². The minimum atomic E-state index is 0.544. The van der Waals surface area contributed by atoms with E-state index in [4.69, 9.17) is 17.3 Å². The van der Waals surface area contributed by atoms with E-state index in [1.54, 1.807) is 0 Å². The number of hydrogen-bond donors (Lipinski definition) is 1. The number of hydrogen-bond acceptors (Lipinski definition) is 1. The number of fused-ring (bicyclic) bond motifs is 1. The Kier molecular flexibility index (Phi) is 2.80. The Balaban J connectivity index is 2.60. The molecule has 2 nitrogen and oxygen atoms in total. The molecule has 2 rings (SSSR count). The van der Waals surface area contributed by atoms with Gasteiger partial charge in [0.2, 0.25) is 0 Å². The van der Waals surface area contributed by atoms with E-state index in [0.29, 0.717) is 6.54 Å². The summed E-state index contributed by atoms with van der Waals surface area (Å²) in [6, 6.07) is 6.08. The van der Waals surface area contributed by atoms with E-state index in [9.17, 15) is 0 Å². The highest BCUT2D eigenvalue weighted by molar-refractivity contribution is 6.35. The monoisotopic (exact) mass is 220 g/mol. The third-order valence-electron chi connectivity index (χ3n) is 2.42. The molecule has 0 bridgehead atoms. The Morgan fingerprint density at radius 3 is 3.00 bits per heavy atom. The van der Waals surface area contributed by atoms with Crippen molar-refractivity contribution in [2.24, 2.45) is 12.8 Å². The highest BCUT2D eigenvalue weighted by Gasteiger charge is 2.03. The van der Waals surface area contributed by atoms with E-state index in [0.717, 1.165) is 21.5 Å². The molecule has 0 amide bonds. The summed E-state index contributed by atoms with van der Waals surface area (Å²) in [6.07, 6.45) is 5.91. The molecule has 15 heavy (non-hydrogen) atoms. The predicted octanol–water partition coefficient (Wildman–Crippen LogP) is 2.80. The van der Waals surface area contributed by atoms with Gasteiger partial charge < -0.3 is 10.3 Å². The van der Waals surface area contributed by atoms with Crippen LogP contribution in [0.2, 0.25) is 5.02 Å². The Hall–Kier alpha value is -1.25. The molecular weight excluding hydrogens is 208 g/mol. The molecule has 2 N–H and O–H groups in total. The van der Waals surface area contributed by atoms with E-state index in [1.807, 2.05) is 37.5 Å². The van der Waals surface area contributed by atoms with Gasteiger partial charge >= 0.3 is 0 Å². The third-order valence-corrected chi connectivity index (χ3v) is 2.73. The summed E-state index contributed by atoms with van der Waals surface area (Å²) in [5, 5.41) is 1.87. The van der Waals surface area contributed by atoms with Gasteiger partial charge in [-0.3, -0.25) is 0 Å². The van der Waals surface area contributed by atoms with Crippen LogP contribution in [-0.4, -0.2) is 11.1 Å². The lowest BCUT2D eigenvalue weighted by Crippen LogP contribution is -1.92. The Bertz CT molecular complexity index is 512. The summed E-state index contributed by atoms with van der Waals surface area (Å²) >= 11 is 6.18. The van der Waals surface area contributed by atoms with Crippen molar-refractivity contribution in [1.29, 1.82) is 0 Å². The zero-order valence-corrected chi connectivity index (χ0v) is 9.33. The van der Waals surface area contributed by atoms with Gasteiger partial charge in [-0.2, -0.15) is 0 Å². The zero-order valence-electron chi connectivity index (χ0n) is 8.57. The molecule has 0 aliphatic heterocycles. The molecule has 0 atom stereocenters. The summed E-state index contributed by atoms with van der Waals surface area (Å²) < 4.78 is 2.06. The molecule has 3 heteroatoms. The van der Waals surface area contributed by atoms with Crippen LogP contribution in [0.4, 0.5) is 0 Å². The first-order chi connectivity index (χ1) is 7.22. The molecule has 0 aliphatic rings. The second-order valence-corrected chi connectivity index (χ2v) is 3.91. The van der Waals surface area contributed by atoms with Gasteiger partial charge in [-0.1, -0.05) is 23.8 Å². The standard InChI is InChI=1S/C12H13ClN2/c1-15-6-4-10-11(13)7-9(3-2-5-14)8-12(10)15/h2-4,6-8H,5,14H2,1H3/b3-2+. The normalized spacial score (nSPS) is 11.7. The van der Waals surface area contributed by atoms with Gasteiger partial charge in [-0.15, -0.1) is 0 Å². The largest absolute Gasteiger partial charge is 0.350 e. The van der Waals surface area contributed by atoms with Gasteiger partial charge in [0.05, 0.1) is 5.02 Å². The second-order valence-electron chi connectivity index (χ2n) is 3.50. The lowest BCUT2D eigenvalue weighted by atomic mass is 10.1. The van der Waals surface area contributed by atoms with Crippen molar-refractivity contribution < 1.29 is 0 Å². The molecule has 0 unspecified atom stereocenters. The van der Waals surface area contributed by atoms with Crippen molar-refractivity contribution in [2.75, 3.05) is 6.54 Å². The lowest BCUT2D eigenvalue weighted by molar-refractivity contribution is 0.969. The molecule has 1 heterocycles. The van der Waals surface area contributed by atoms with Crippen molar-refractivity contribution in [3.05, 3.63) is 41.1 Å². The van der Waals surface area contributed by atoms with Gasteiger partial charge in [-0.05, 0) is 23.8 Å². The van der Waals surface area contributed by atoms with Gasteiger partial charge in [0.1, 0.15) is 0 Å². The molecule has 0 spiro atoms. The molecule has 2 aromatic rings. The summed E-state index contributed by atoms with van der Waals surface area (Å²) in [6.45, 7) is 0.544. The number of nitrogens with zero attached hydrogens (tertiary/aromatic N) is 1. The topological polar surface area (TPSA) is 30.9 Å². The highest BCUT2D eigenvalue weighted by Crippen LogP contribution is 2.26. The fourth-order valence-electron chi connectivity index (χ4n) is 1.65. The van der Waals surface area contributed by atoms with Crippen LogP contribution < -0.4 is 5.73 Å². The maximum absolute atomic E-state index is 6.18. The van der Waals surface area contributed by atoms with E-state index >= 15 is 0 Å². The van der Waals surface area contributed by atoms with Crippen LogP contribution in [-0.2, 0) is 7.05 Å². The van der Waals surface area contributed by atoms with E-state index < -0.39 is 0 Å². The fraction of sp³-hybridized carbons (Fsp3) is 0.167. The average molecular weight is 221 g/mol. The minimum absolute atomic E-state index is 0.544. The number of rotatable bonds is 2. The molecule has 1 aromatic heterocycles. The zero-order chi connectivity index (χ0) is 10.8. The maximum Gasteiger partial charge on any atom is 0.0505 e. The number of aryl methyl sites for hydroxylation is 1. The summed E-state index contributed by atoms with van der Waals surface area (Å²) in [4.78, 5) is 0. The molecular formula is C12H13ClN2. The van der Waals surface area contributed by atoms with Crippen molar-refractivity contribution >= 4 is 28.6 Å². The Morgan fingerprint density at radius 1 is 1.47 bits per heavy atom. The summed E-state index contributed by atoms with van der Waals surface area (Å²) in [5.41, 5.74) is 7.63. The van der Waals surface area contributed by atoms with Crippen molar-refractivity contribution in [3.8, 4) is 0 Å². The third kappa shape index (κ3) is 1.91. The quantitative estimate of drug-likeness (QED) is 0.829. The van der Waals surface area contributed by atoms with Crippen LogP contribution in [0.5, 0.6) is 0 Å². The Labute approximate surface area is 93.9 Å². The van der Waals surface area contributed by atoms with Gasteiger partial charge in [0, 0.05) is 30.7 Å². The molecule has 78 valence electrons. The second kappa shape index (κ2) is 4.09. The van der Waals surface area contributed by atoms with E-state index in [2.05, 4.69) is 10.6 Å². The molecule has 0 fully saturated rings. The number of aromatic nitrogens is 1. The number of halogens is 1. The number of nitrogens with two attached hydrogens (primary N) is 1. The van der Waals surface area contributed by atoms with Crippen LogP contribution in [0.1, 0.15) is 5.56 Å². The first-order valence-corrected chi connectivity index (χ1v) is 5.21. The minimum Gasteiger partial charge on any atom is -0.350 e. The smallest absolute Gasteiger partial charge is 0.0505 e. The molecule has 0 saturated heterocycles. The van der Waals surface area contributed by atoms with E-state index in [1.165, 1.54) is 0 Å². The van der Waals surface area contributed by atoms with Crippen molar-refractivity contribution in [2.45, 2.75) is 0 Å². The highest BCUT2D eigenvalue weighted by atomic mass is 35.5. The molecule has 0 saturated carbocycles. The summed E-state index contributed by atoms with van der Waals surface area (Å²) in [5.74, 6) is 0. The van der Waals surface area contributed by atoms with Gasteiger partial charge in [0.25, 0.3) is 0 Å². The lowest BCUT2D eigenvalue weighted by Gasteiger charge is -2.01. The SMILES string of the molecule is Cn1ccc2c(Cl)cc(/C=C/CN)cc21. The van der Waals surface area contributed by atoms with Crippen LogP contribution in [0, 0.1) is 0 Å². The van der Waals surface area contributed by atoms with Crippen molar-refractivity contribution in [3.63, 3.8) is 0 Å². The first kappa shape index (κ1) is 10.3. The molecule has 0 radical (unpaired) electrons. The average Bonchev–Trinajstić information content (AvgIpc) is 2.58. The molecule has 0 aliphatic carbocycles. The first-order valence-electron chi connectivity index (χ1n) is 4.83. The number of benzene rings is 1. The van der Waals surface area contributed by atoms with E-state index in [-0.39, 0.29) is 0 Å². The predicted molar refractivity (Wildman–Crippen MR) is 66.0 cm³/mol. The maximum atomic E-state index is 6.18. The van der Waals surface area contributed by atoms with Crippen LogP contribution >= 0.6 is 11.6 Å². The van der Waals surface area contributed by atoms with Crippen LogP contribution in [0.3, 0.4) is 0 Å². The van der Waals surface area contributed by atoms with Crippen LogP contribution in [0.25, 0.3) is 17.0 Å². The Morgan fingerprint density at radius 2 is 2.27 bits per heavy atom. The molecule has 1 aromatic carbocycles. The van der Waals surface area contributed by atoms with Gasteiger partial charge in [0.15, 0.2) is 0 Å². The van der Waals surface area contributed by atoms with Crippen molar-refractivity contribution in [1.82, 2.24) is 4.57 Å².